The Morgan fingerprint density at radius 2 is 1.14 bits per heavy atom. The molecule has 0 bridgehead atoms. The van der Waals surface area contributed by atoms with Crippen LogP contribution in [-0.4, -0.2) is 15.4 Å². The molecule has 0 fully saturated rings. The number of rotatable bonds is 3. The Morgan fingerprint density at radius 1 is 0.857 bits per heavy atom. The van der Waals surface area contributed by atoms with Crippen molar-refractivity contribution in [3.8, 4) is 0 Å². The average molecular weight is 216 g/mol. The molecule has 0 heterocycles. The highest BCUT2D eigenvalue weighted by molar-refractivity contribution is 6.72. The summed E-state index contributed by atoms with van der Waals surface area (Å²) in [6, 6.07) is 2.49. The van der Waals surface area contributed by atoms with E-state index in [1.807, 2.05) is 7.11 Å². The van der Waals surface area contributed by atoms with Crippen LogP contribution in [0.25, 0.3) is 0 Å². The van der Waals surface area contributed by atoms with Crippen molar-refractivity contribution < 1.29 is 4.43 Å². The van der Waals surface area contributed by atoms with Crippen LogP contribution >= 0.6 is 0 Å². The summed E-state index contributed by atoms with van der Waals surface area (Å²) in [5, 5.41) is 0. The predicted molar refractivity (Wildman–Crippen MR) is 67.2 cm³/mol. The fourth-order valence-corrected chi connectivity index (χ4v) is 7.35. The topological polar surface area (TPSA) is 9.23 Å². The Morgan fingerprint density at radius 3 is 1.29 bits per heavy atom. The average Bonchev–Trinajstić information content (AvgIpc) is 1.78. The summed E-state index contributed by atoms with van der Waals surface area (Å²) in [5.74, 6) is 0. The first-order valence-corrected chi connectivity index (χ1v) is 8.35. The third kappa shape index (κ3) is 6.60. The molecular weight excluding hydrogens is 188 g/mol. The minimum atomic E-state index is -1.49. The lowest BCUT2D eigenvalue weighted by Gasteiger charge is -2.36. The van der Waals surface area contributed by atoms with Gasteiger partial charge in [-0.2, -0.15) is 0 Å². The van der Waals surface area contributed by atoms with Gasteiger partial charge in [-0.3, -0.25) is 0 Å². The van der Waals surface area contributed by atoms with E-state index in [4.69, 9.17) is 4.43 Å². The van der Waals surface area contributed by atoms with E-state index < -0.39 is 8.32 Å². The lowest BCUT2D eigenvalue weighted by atomic mass is 10.00. The van der Waals surface area contributed by atoms with Gasteiger partial charge in [0.15, 0.2) is 8.32 Å². The first kappa shape index (κ1) is 14.2. The highest BCUT2D eigenvalue weighted by Gasteiger charge is 2.36. The lowest BCUT2D eigenvalue weighted by Crippen LogP contribution is -2.40. The zero-order chi connectivity index (χ0) is 11.6. The Labute approximate surface area is 91.4 Å². The van der Waals surface area contributed by atoms with Gasteiger partial charge in [-0.15, -0.1) is 0 Å². The van der Waals surface area contributed by atoms with Gasteiger partial charge >= 0.3 is 0 Å². The van der Waals surface area contributed by atoms with Crippen molar-refractivity contribution in [1.29, 1.82) is 0 Å². The standard InChI is InChI=1S/C12H28OSi/c1-11(2,3)9-14(8,13-7)10-12(4,5)6/h9-10H2,1-8H3. The van der Waals surface area contributed by atoms with E-state index in [0.29, 0.717) is 10.8 Å². The smallest absolute Gasteiger partial charge is 0.190 e. The molecule has 0 aliphatic rings. The molecule has 14 heavy (non-hydrogen) atoms. The highest BCUT2D eigenvalue weighted by Crippen LogP contribution is 2.36. The van der Waals surface area contributed by atoms with E-state index in [1.54, 1.807) is 0 Å². The molecule has 0 aromatic carbocycles. The van der Waals surface area contributed by atoms with E-state index in [-0.39, 0.29) is 0 Å². The zero-order valence-corrected chi connectivity index (χ0v) is 12.3. The maximum absolute atomic E-state index is 5.83. The van der Waals surface area contributed by atoms with Crippen LogP contribution < -0.4 is 0 Å². The van der Waals surface area contributed by atoms with Crippen molar-refractivity contribution in [3.05, 3.63) is 0 Å². The number of hydrogen-bond donors (Lipinski definition) is 0. The molecule has 0 aromatic heterocycles. The molecule has 0 aromatic rings. The Balaban J connectivity index is 4.49. The van der Waals surface area contributed by atoms with Crippen LogP contribution in [0.1, 0.15) is 41.5 Å². The van der Waals surface area contributed by atoms with Crippen molar-refractivity contribution in [3.63, 3.8) is 0 Å². The molecular formula is C12H28OSi. The van der Waals surface area contributed by atoms with Crippen LogP contribution in [0.3, 0.4) is 0 Å². The minimum Gasteiger partial charge on any atom is -0.420 e. The molecule has 0 radical (unpaired) electrons. The summed E-state index contributed by atoms with van der Waals surface area (Å²) < 4.78 is 5.83. The van der Waals surface area contributed by atoms with Gasteiger partial charge in [0.05, 0.1) is 0 Å². The van der Waals surface area contributed by atoms with Gasteiger partial charge in [0.1, 0.15) is 0 Å². The van der Waals surface area contributed by atoms with Gasteiger partial charge < -0.3 is 4.43 Å². The summed E-state index contributed by atoms with van der Waals surface area (Å²) in [5.41, 5.74) is 0.782. The van der Waals surface area contributed by atoms with E-state index >= 15 is 0 Å². The Bertz CT molecular complexity index is 158. The van der Waals surface area contributed by atoms with Crippen LogP contribution in [0.5, 0.6) is 0 Å². The SMILES string of the molecule is CO[Si](C)(CC(C)(C)C)CC(C)(C)C. The van der Waals surface area contributed by atoms with E-state index in [1.165, 1.54) is 12.1 Å². The summed E-state index contributed by atoms with van der Waals surface area (Å²) in [6.45, 7) is 16.2. The molecule has 0 aliphatic heterocycles. The maximum atomic E-state index is 5.83. The molecule has 0 atom stereocenters. The second-order valence-corrected chi connectivity index (χ2v) is 11.1. The molecule has 0 amide bonds. The van der Waals surface area contributed by atoms with Crippen molar-refractivity contribution in [1.82, 2.24) is 0 Å². The van der Waals surface area contributed by atoms with E-state index in [0.717, 1.165) is 0 Å². The predicted octanol–water partition coefficient (Wildman–Crippen LogP) is 4.30. The fraction of sp³-hybridized carbons (Fsp3) is 1.00. The third-order valence-electron chi connectivity index (χ3n) is 2.30. The molecule has 0 saturated carbocycles. The van der Waals surface area contributed by atoms with Crippen molar-refractivity contribution in [2.75, 3.05) is 7.11 Å². The van der Waals surface area contributed by atoms with Crippen LogP contribution in [0.15, 0.2) is 0 Å². The van der Waals surface area contributed by atoms with Crippen LogP contribution in [0.4, 0.5) is 0 Å². The zero-order valence-electron chi connectivity index (χ0n) is 11.3. The first-order chi connectivity index (χ1) is 5.97. The van der Waals surface area contributed by atoms with Gasteiger partial charge in [0.2, 0.25) is 0 Å². The second kappa shape index (κ2) is 4.36. The van der Waals surface area contributed by atoms with Gasteiger partial charge in [0, 0.05) is 7.11 Å². The van der Waals surface area contributed by atoms with Crippen molar-refractivity contribution in [2.45, 2.75) is 60.2 Å². The molecule has 0 rings (SSSR count). The highest BCUT2D eigenvalue weighted by atomic mass is 28.4. The monoisotopic (exact) mass is 216 g/mol. The van der Waals surface area contributed by atoms with Gasteiger partial charge in [-0.25, -0.2) is 0 Å². The van der Waals surface area contributed by atoms with Crippen LogP contribution in [0, 0.1) is 10.8 Å². The summed E-state index contributed by atoms with van der Waals surface area (Å²) in [6.07, 6.45) is 0. The second-order valence-electron chi connectivity index (χ2n) is 7.13. The molecule has 0 unspecified atom stereocenters. The molecule has 86 valence electrons. The minimum absolute atomic E-state index is 0.391. The summed E-state index contributed by atoms with van der Waals surface area (Å²) in [4.78, 5) is 0. The largest absolute Gasteiger partial charge is 0.420 e. The molecule has 1 nitrogen and oxygen atoms in total. The molecule has 0 spiro atoms. The van der Waals surface area contributed by atoms with Crippen molar-refractivity contribution in [2.24, 2.45) is 10.8 Å². The lowest BCUT2D eigenvalue weighted by molar-refractivity contribution is 0.333. The normalized spacial score (nSPS) is 14.6. The van der Waals surface area contributed by atoms with E-state index in [9.17, 15) is 0 Å². The van der Waals surface area contributed by atoms with Crippen LogP contribution in [0.2, 0.25) is 18.6 Å². The summed E-state index contributed by atoms with van der Waals surface area (Å²) in [7, 11) is 0.398. The quantitative estimate of drug-likeness (QED) is 0.639. The molecule has 0 saturated heterocycles. The van der Waals surface area contributed by atoms with Gasteiger partial charge in [-0.05, 0) is 29.5 Å². The Kier molecular flexibility index (Phi) is 4.41. The fourth-order valence-electron chi connectivity index (χ4n) is 2.45. The van der Waals surface area contributed by atoms with Crippen molar-refractivity contribution >= 4 is 8.32 Å². The Hall–Kier alpha value is 0.177. The molecule has 0 aliphatic carbocycles. The van der Waals surface area contributed by atoms with Gasteiger partial charge in [0.25, 0.3) is 0 Å². The van der Waals surface area contributed by atoms with E-state index in [2.05, 4.69) is 48.1 Å². The summed E-state index contributed by atoms with van der Waals surface area (Å²) >= 11 is 0. The molecule has 2 heteroatoms. The molecule has 0 N–H and O–H groups in total. The maximum Gasteiger partial charge on any atom is 0.190 e. The third-order valence-corrected chi connectivity index (χ3v) is 6.90. The number of hydrogen-bond acceptors (Lipinski definition) is 1. The van der Waals surface area contributed by atoms with Gasteiger partial charge in [-0.1, -0.05) is 41.5 Å². The first-order valence-electron chi connectivity index (χ1n) is 5.53. The van der Waals surface area contributed by atoms with Crippen LogP contribution in [-0.2, 0) is 4.43 Å².